The molecule has 1 rings (SSSR count). The fourth-order valence-electron chi connectivity index (χ4n) is 0.955. The number of ether oxygens (including phenoxy) is 2. The van der Waals surface area contributed by atoms with Crippen LogP contribution in [0.4, 0.5) is 0 Å². The van der Waals surface area contributed by atoms with Crippen molar-refractivity contribution in [1.29, 1.82) is 0 Å². The summed E-state index contributed by atoms with van der Waals surface area (Å²) in [6.07, 6.45) is 1.74. The third kappa shape index (κ3) is 4.80. The summed E-state index contributed by atoms with van der Waals surface area (Å²) in [5, 5.41) is 0. The van der Waals surface area contributed by atoms with Gasteiger partial charge in [0.15, 0.2) is 0 Å². The van der Waals surface area contributed by atoms with E-state index in [4.69, 9.17) is 19.6 Å². The zero-order valence-electron chi connectivity index (χ0n) is 9.23. The summed E-state index contributed by atoms with van der Waals surface area (Å²) >= 11 is 0. The smallest absolute Gasteiger partial charge is 0.393 e. The number of rotatable bonds is 7. The second-order valence-corrected chi connectivity index (χ2v) is 3.63. The first-order valence-corrected chi connectivity index (χ1v) is 5.07. The highest BCUT2D eigenvalue weighted by atomic mass is 16.6. The molecule has 0 saturated heterocycles. The predicted octanol–water partition coefficient (Wildman–Crippen LogP) is 1.18. The van der Waals surface area contributed by atoms with E-state index >= 15 is 0 Å². The van der Waals surface area contributed by atoms with Crippen LogP contribution in [-0.4, -0.2) is 24.8 Å². The lowest BCUT2D eigenvalue weighted by atomic mass is 10.2. The average Bonchev–Trinajstić information content (AvgIpc) is 2.65. The molecule has 1 heterocycles. The summed E-state index contributed by atoms with van der Waals surface area (Å²) in [6, 6.07) is 0. The Labute approximate surface area is 89.6 Å². The molecule has 86 valence electrons. The standard InChI is InChI=1S/C10H18N2O3/c1-8(2)6-13-3-4-14-10-12-9(5-11)7-15-10/h7-8H,3-6,11H2,1-2H3. The maximum Gasteiger partial charge on any atom is 0.393 e. The van der Waals surface area contributed by atoms with Crippen molar-refractivity contribution in [1.82, 2.24) is 4.98 Å². The molecule has 0 unspecified atom stereocenters. The van der Waals surface area contributed by atoms with Gasteiger partial charge in [0.05, 0.1) is 12.3 Å². The Hall–Kier alpha value is -1.07. The quantitative estimate of drug-likeness (QED) is 0.690. The van der Waals surface area contributed by atoms with Crippen LogP contribution in [0.25, 0.3) is 0 Å². The van der Waals surface area contributed by atoms with Crippen LogP contribution in [0.5, 0.6) is 6.08 Å². The number of hydrogen-bond donors (Lipinski definition) is 1. The molecule has 2 N–H and O–H groups in total. The van der Waals surface area contributed by atoms with Gasteiger partial charge in [-0.05, 0) is 5.92 Å². The molecule has 0 radical (unpaired) electrons. The highest BCUT2D eigenvalue weighted by molar-refractivity contribution is 4.98. The molecule has 0 aromatic carbocycles. The van der Waals surface area contributed by atoms with Gasteiger partial charge in [-0.3, -0.25) is 0 Å². The van der Waals surface area contributed by atoms with E-state index in [1.54, 1.807) is 0 Å². The zero-order chi connectivity index (χ0) is 11.1. The summed E-state index contributed by atoms with van der Waals surface area (Å²) in [6.45, 7) is 6.28. The molecular weight excluding hydrogens is 196 g/mol. The van der Waals surface area contributed by atoms with Gasteiger partial charge in [-0.25, -0.2) is 0 Å². The number of oxazole rings is 1. The summed E-state index contributed by atoms with van der Waals surface area (Å²) in [4.78, 5) is 3.99. The van der Waals surface area contributed by atoms with Crippen LogP contribution < -0.4 is 10.5 Å². The van der Waals surface area contributed by atoms with Crippen molar-refractivity contribution in [3.63, 3.8) is 0 Å². The molecule has 0 bridgehead atoms. The molecule has 0 amide bonds. The van der Waals surface area contributed by atoms with E-state index in [2.05, 4.69) is 18.8 Å². The topological polar surface area (TPSA) is 70.5 Å². The zero-order valence-corrected chi connectivity index (χ0v) is 9.23. The van der Waals surface area contributed by atoms with Gasteiger partial charge in [0.2, 0.25) is 0 Å². The van der Waals surface area contributed by atoms with Crippen LogP contribution in [-0.2, 0) is 11.3 Å². The van der Waals surface area contributed by atoms with E-state index in [9.17, 15) is 0 Å². The van der Waals surface area contributed by atoms with Gasteiger partial charge in [0, 0.05) is 13.2 Å². The molecule has 0 spiro atoms. The summed E-state index contributed by atoms with van der Waals surface area (Å²) in [5.41, 5.74) is 6.06. The summed E-state index contributed by atoms with van der Waals surface area (Å²) < 4.78 is 15.6. The average molecular weight is 214 g/mol. The Balaban J connectivity index is 2.09. The number of nitrogens with zero attached hydrogens (tertiary/aromatic N) is 1. The second kappa shape index (κ2) is 6.42. The highest BCUT2D eigenvalue weighted by Gasteiger charge is 2.02. The normalized spacial score (nSPS) is 10.9. The highest BCUT2D eigenvalue weighted by Crippen LogP contribution is 2.08. The largest absolute Gasteiger partial charge is 0.448 e. The van der Waals surface area contributed by atoms with E-state index in [0.717, 1.165) is 6.61 Å². The summed E-state index contributed by atoms with van der Waals surface area (Å²) in [7, 11) is 0. The van der Waals surface area contributed by atoms with Crippen LogP contribution >= 0.6 is 0 Å². The van der Waals surface area contributed by atoms with Crippen LogP contribution in [0, 0.1) is 5.92 Å². The number of aromatic nitrogens is 1. The molecule has 1 aromatic rings. The van der Waals surface area contributed by atoms with Crippen molar-refractivity contribution in [3.8, 4) is 6.08 Å². The lowest BCUT2D eigenvalue weighted by Gasteiger charge is -2.05. The molecule has 1 aromatic heterocycles. The van der Waals surface area contributed by atoms with Crippen molar-refractivity contribution >= 4 is 0 Å². The Bertz CT molecular complexity index is 273. The van der Waals surface area contributed by atoms with Gasteiger partial charge in [0.1, 0.15) is 12.9 Å². The first kappa shape index (κ1) is 12.0. The Kier molecular flexibility index (Phi) is 5.14. The van der Waals surface area contributed by atoms with Crippen LogP contribution in [0.3, 0.4) is 0 Å². The lowest BCUT2D eigenvalue weighted by Crippen LogP contribution is -2.10. The van der Waals surface area contributed by atoms with E-state index in [1.165, 1.54) is 6.26 Å². The fraction of sp³-hybridized carbons (Fsp3) is 0.700. The van der Waals surface area contributed by atoms with E-state index in [-0.39, 0.29) is 6.08 Å². The number of hydrogen-bond acceptors (Lipinski definition) is 5. The minimum atomic E-state index is 0.253. The molecule has 5 heteroatoms. The number of nitrogens with two attached hydrogens (primary N) is 1. The Morgan fingerprint density at radius 1 is 1.47 bits per heavy atom. The molecule has 0 atom stereocenters. The van der Waals surface area contributed by atoms with Crippen LogP contribution in [0.1, 0.15) is 19.5 Å². The van der Waals surface area contributed by atoms with Gasteiger partial charge in [-0.1, -0.05) is 13.8 Å². The molecule has 0 fully saturated rings. The van der Waals surface area contributed by atoms with Crippen molar-refractivity contribution in [3.05, 3.63) is 12.0 Å². The minimum Gasteiger partial charge on any atom is -0.448 e. The predicted molar refractivity (Wildman–Crippen MR) is 55.5 cm³/mol. The van der Waals surface area contributed by atoms with Gasteiger partial charge in [-0.2, -0.15) is 4.98 Å². The minimum absolute atomic E-state index is 0.253. The van der Waals surface area contributed by atoms with Gasteiger partial charge in [0.25, 0.3) is 0 Å². The van der Waals surface area contributed by atoms with Gasteiger partial charge in [-0.15, -0.1) is 0 Å². The molecule has 0 aliphatic carbocycles. The molecule has 0 aliphatic rings. The summed E-state index contributed by atoms with van der Waals surface area (Å²) in [5.74, 6) is 0.538. The maximum atomic E-state index is 5.37. The first-order chi connectivity index (χ1) is 7.22. The van der Waals surface area contributed by atoms with E-state index < -0.39 is 0 Å². The van der Waals surface area contributed by atoms with Crippen LogP contribution in [0.2, 0.25) is 0 Å². The van der Waals surface area contributed by atoms with Crippen molar-refractivity contribution in [2.24, 2.45) is 11.7 Å². The fourth-order valence-corrected chi connectivity index (χ4v) is 0.955. The van der Waals surface area contributed by atoms with Crippen molar-refractivity contribution in [2.75, 3.05) is 19.8 Å². The molecule has 15 heavy (non-hydrogen) atoms. The maximum absolute atomic E-state index is 5.37. The lowest BCUT2D eigenvalue weighted by molar-refractivity contribution is 0.0724. The van der Waals surface area contributed by atoms with Gasteiger partial charge >= 0.3 is 6.08 Å². The van der Waals surface area contributed by atoms with Crippen molar-refractivity contribution < 1.29 is 13.9 Å². The Morgan fingerprint density at radius 3 is 2.87 bits per heavy atom. The molecule has 5 nitrogen and oxygen atoms in total. The molecule has 0 aliphatic heterocycles. The molecular formula is C10H18N2O3. The third-order valence-electron chi connectivity index (χ3n) is 1.64. The van der Waals surface area contributed by atoms with Gasteiger partial charge < -0.3 is 19.6 Å². The van der Waals surface area contributed by atoms with Crippen molar-refractivity contribution in [2.45, 2.75) is 20.4 Å². The third-order valence-corrected chi connectivity index (χ3v) is 1.64. The van der Waals surface area contributed by atoms with E-state index in [1.807, 2.05) is 0 Å². The molecule has 0 saturated carbocycles. The Morgan fingerprint density at radius 2 is 2.27 bits per heavy atom. The monoisotopic (exact) mass is 214 g/mol. The second-order valence-electron chi connectivity index (χ2n) is 3.63. The van der Waals surface area contributed by atoms with Crippen LogP contribution in [0.15, 0.2) is 10.7 Å². The first-order valence-electron chi connectivity index (χ1n) is 5.07. The van der Waals surface area contributed by atoms with E-state index in [0.29, 0.717) is 31.4 Å². The SMILES string of the molecule is CC(C)COCCOc1nc(CN)co1.